The molecule has 0 unspecified atom stereocenters. The number of aliphatic hydroxyl groups is 1. The first-order valence-electron chi connectivity index (χ1n) is 6.68. The minimum atomic E-state index is -3.52. The number of aliphatic hydroxyl groups excluding tert-OH is 1. The van der Waals surface area contributed by atoms with E-state index in [9.17, 15) is 8.42 Å². The van der Waals surface area contributed by atoms with Gasteiger partial charge in [-0.3, -0.25) is 0 Å². The summed E-state index contributed by atoms with van der Waals surface area (Å²) in [5.41, 5.74) is 1.31. The van der Waals surface area contributed by atoms with Gasteiger partial charge in [0.15, 0.2) is 0 Å². The zero-order valence-corrected chi connectivity index (χ0v) is 13.5. The fourth-order valence-corrected chi connectivity index (χ4v) is 4.79. The Morgan fingerprint density at radius 1 is 1.40 bits per heavy atom. The lowest BCUT2D eigenvalue weighted by Gasteiger charge is -2.40. The molecule has 1 aromatic carbocycles. The van der Waals surface area contributed by atoms with Crippen molar-refractivity contribution in [3.63, 3.8) is 0 Å². The molecular formula is C14H21NO3S2. The normalized spacial score (nSPS) is 17.8. The molecule has 2 rings (SSSR count). The van der Waals surface area contributed by atoms with Gasteiger partial charge in [-0.05, 0) is 43.2 Å². The lowest BCUT2D eigenvalue weighted by Crippen LogP contribution is -2.45. The first-order valence-corrected chi connectivity index (χ1v) is 9.38. The van der Waals surface area contributed by atoms with Crippen molar-refractivity contribution in [3.8, 4) is 0 Å². The van der Waals surface area contributed by atoms with Crippen LogP contribution in [0.2, 0.25) is 0 Å². The summed E-state index contributed by atoms with van der Waals surface area (Å²) in [5, 5.41) is 9.14. The Labute approximate surface area is 125 Å². The van der Waals surface area contributed by atoms with Gasteiger partial charge in [0.25, 0.3) is 0 Å². The smallest absolute Gasteiger partial charge is 0.240 e. The summed E-state index contributed by atoms with van der Waals surface area (Å²) in [5.74, 6) is 0. The van der Waals surface area contributed by atoms with Gasteiger partial charge in [-0.25, -0.2) is 13.1 Å². The van der Waals surface area contributed by atoms with Crippen LogP contribution in [-0.4, -0.2) is 31.1 Å². The van der Waals surface area contributed by atoms with Gasteiger partial charge in [-0.1, -0.05) is 18.6 Å². The van der Waals surface area contributed by atoms with E-state index in [1.807, 2.05) is 6.26 Å². The van der Waals surface area contributed by atoms with Crippen LogP contribution in [0.15, 0.2) is 23.1 Å². The Morgan fingerprint density at radius 3 is 2.60 bits per heavy atom. The van der Waals surface area contributed by atoms with Crippen LogP contribution < -0.4 is 4.72 Å². The second-order valence-corrected chi connectivity index (χ2v) is 8.33. The maximum atomic E-state index is 12.4. The van der Waals surface area contributed by atoms with Crippen molar-refractivity contribution in [2.24, 2.45) is 0 Å². The highest BCUT2D eigenvalue weighted by Crippen LogP contribution is 2.42. The van der Waals surface area contributed by atoms with Gasteiger partial charge >= 0.3 is 0 Å². The average Bonchev–Trinajstić information content (AvgIpc) is 2.38. The molecule has 0 amide bonds. The van der Waals surface area contributed by atoms with Crippen molar-refractivity contribution >= 4 is 21.8 Å². The van der Waals surface area contributed by atoms with Gasteiger partial charge in [-0.15, -0.1) is 0 Å². The molecule has 0 spiro atoms. The molecule has 0 aromatic heterocycles. The Balaban J connectivity index is 2.18. The molecule has 112 valence electrons. The Morgan fingerprint density at radius 2 is 2.10 bits per heavy atom. The second-order valence-electron chi connectivity index (χ2n) is 5.32. The molecule has 4 nitrogen and oxygen atoms in total. The number of hydrogen-bond acceptors (Lipinski definition) is 4. The van der Waals surface area contributed by atoms with E-state index in [0.29, 0.717) is 17.7 Å². The highest BCUT2D eigenvalue weighted by molar-refractivity contribution is 8.00. The van der Waals surface area contributed by atoms with Crippen molar-refractivity contribution < 1.29 is 13.5 Å². The molecule has 1 aromatic rings. The summed E-state index contributed by atoms with van der Waals surface area (Å²) in [7, 11) is -3.52. The third-order valence-corrected chi connectivity index (χ3v) is 6.97. The number of hydrogen-bond donors (Lipinski definition) is 2. The van der Waals surface area contributed by atoms with Crippen LogP contribution in [0.4, 0.5) is 0 Å². The number of aryl methyl sites for hydroxylation is 1. The monoisotopic (exact) mass is 315 g/mol. The SMILES string of the molecule is CSC1(CNS(=O)(=O)c2cc(CO)ccc2C)CCC1. The molecule has 0 heterocycles. The molecule has 0 atom stereocenters. The second kappa shape index (κ2) is 6.05. The van der Waals surface area contributed by atoms with Crippen molar-refractivity contribution in [1.82, 2.24) is 4.72 Å². The van der Waals surface area contributed by atoms with Crippen molar-refractivity contribution in [1.29, 1.82) is 0 Å². The number of rotatable bonds is 6. The lowest BCUT2D eigenvalue weighted by molar-refractivity contribution is 0.281. The molecular weight excluding hydrogens is 294 g/mol. The standard InChI is InChI=1S/C14H21NO3S2/c1-11-4-5-12(9-16)8-13(11)20(17,18)15-10-14(19-2)6-3-7-14/h4-5,8,15-16H,3,6-7,9-10H2,1-2H3. The summed E-state index contributed by atoms with van der Waals surface area (Å²) < 4.78 is 27.6. The van der Waals surface area contributed by atoms with Crippen LogP contribution in [0.1, 0.15) is 30.4 Å². The van der Waals surface area contributed by atoms with Crippen molar-refractivity contribution in [2.45, 2.75) is 42.4 Å². The quantitative estimate of drug-likeness (QED) is 0.843. The van der Waals surface area contributed by atoms with Gasteiger partial charge in [0.1, 0.15) is 0 Å². The van der Waals surface area contributed by atoms with Gasteiger partial charge in [0, 0.05) is 11.3 Å². The molecule has 1 fully saturated rings. The van der Waals surface area contributed by atoms with Gasteiger partial charge < -0.3 is 5.11 Å². The van der Waals surface area contributed by atoms with Gasteiger partial charge in [-0.2, -0.15) is 11.8 Å². The summed E-state index contributed by atoms with van der Waals surface area (Å²) in [6.45, 7) is 2.08. The highest BCUT2D eigenvalue weighted by Gasteiger charge is 2.37. The van der Waals surface area contributed by atoms with Gasteiger partial charge in [0.05, 0.1) is 11.5 Å². The predicted molar refractivity (Wildman–Crippen MR) is 82.4 cm³/mol. The van der Waals surface area contributed by atoms with E-state index >= 15 is 0 Å². The predicted octanol–water partition coefficient (Wildman–Crippen LogP) is 2.05. The van der Waals surface area contributed by atoms with Crippen LogP contribution >= 0.6 is 11.8 Å². The van der Waals surface area contributed by atoms with E-state index < -0.39 is 10.0 Å². The fraction of sp³-hybridized carbons (Fsp3) is 0.571. The summed E-state index contributed by atoms with van der Waals surface area (Å²) in [4.78, 5) is 0.264. The first kappa shape index (κ1) is 15.8. The minimum Gasteiger partial charge on any atom is -0.392 e. The van der Waals surface area contributed by atoms with Crippen LogP contribution in [0.25, 0.3) is 0 Å². The van der Waals surface area contributed by atoms with E-state index in [1.165, 1.54) is 6.42 Å². The molecule has 1 aliphatic rings. The largest absolute Gasteiger partial charge is 0.392 e. The summed E-state index contributed by atoms with van der Waals surface area (Å²) in [6.07, 6.45) is 5.32. The third-order valence-electron chi connectivity index (χ3n) is 4.01. The average molecular weight is 315 g/mol. The van der Waals surface area contributed by atoms with Crippen LogP contribution in [-0.2, 0) is 16.6 Å². The molecule has 0 saturated heterocycles. The van der Waals surface area contributed by atoms with Crippen molar-refractivity contribution in [2.75, 3.05) is 12.8 Å². The van der Waals surface area contributed by atoms with Crippen LogP contribution in [0.3, 0.4) is 0 Å². The molecule has 2 N–H and O–H groups in total. The molecule has 20 heavy (non-hydrogen) atoms. The topological polar surface area (TPSA) is 66.4 Å². The van der Waals surface area contributed by atoms with E-state index in [-0.39, 0.29) is 16.2 Å². The van der Waals surface area contributed by atoms with E-state index in [0.717, 1.165) is 12.8 Å². The molecule has 0 radical (unpaired) electrons. The number of thioether (sulfide) groups is 1. The Kier molecular flexibility index (Phi) is 4.79. The fourth-order valence-electron chi connectivity index (χ4n) is 2.36. The number of sulfonamides is 1. The zero-order valence-electron chi connectivity index (χ0n) is 11.8. The molecule has 0 bridgehead atoms. The summed E-state index contributed by atoms with van der Waals surface area (Å²) in [6, 6.07) is 5.02. The first-order chi connectivity index (χ1) is 9.42. The van der Waals surface area contributed by atoms with Gasteiger partial charge in [0.2, 0.25) is 10.0 Å². The molecule has 0 aliphatic heterocycles. The number of nitrogens with one attached hydrogen (secondary N) is 1. The lowest BCUT2D eigenvalue weighted by atomic mass is 9.84. The Bertz CT molecular complexity index is 575. The third kappa shape index (κ3) is 3.19. The highest BCUT2D eigenvalue weighted by atomic mass is 32.2. The molecule has 6 heteroatoms. The van der Waals surface area contributed by atoms with Crippen molar-refractivity contribution in [3.05, 3.63) is 29.3 Å². The van der Waals surface area contributed by atoms with E-state index in [2.05, 4.69) is 4.72 Å². The zero-order chi connectivity index (χ0) is 14.8. The molecule has 1 aliphatic carbocycles. The van der Waals surface area contributed by atoms with Crippen LogP contribution in [0, 0.1) is 6.92 Å². The number of benzene rings is 1. The Hall–Kier alpha value is -0.560. The van der Waals surface area contributed by atoms with E-state index in [4.69, 9.17) is 5.11 Å². The van der Waals surface area contributed by atoms with Crippen LogP contribution in [0.5, 0.6) is 0 Å². The summed E-state index contributed by atoms with van der Waals surface area (Å²) >= 11 is 1.74. The maximum absolute atomic E-state index is 12.4. The maximum Gasteiger partial charge on any atom is 0.240 e. The molecule has 1 saturated carbocycles. The minimum absolute atomic E-state index is 0.0650. The van der Waals surface area contributed by atoms with E-state index in [1.54, 1.807) is 36.9 Å².